The van der Waals surface area contributed by atoms with Gasteiger partial charge in [0.25, 0.3) is 0 Å². The molecule has 0 atom stereocenters. The zero-order valence-corrected chi connectivity index (χ0v) is 20.8. The first-order valence-corrected chi connectivity index (χ1v) is 12.4. The Morgan fingerprint density at radius 1 is 1.06 bits per heavy atom. The molecular weight excluding hydrogens is 464 g/mol. The largest absolute Gasteiger partial charge is 0.466 e. The lowest BCUT2D eigenvalue weighted by Gasteiger charge is -2.32. The number of hydrogen-bond donors (Lipinski definition) is 1. The van der Waals surface area contributed by atoms with E-state index in [9.17, 15) is 27.6 Å². The van der Waals surface area contributed by atoms with Crippen LogP contribution in [0.3, 0.4) is 0 Å². The fourth-order valence-corrected chi connectivity index (χ4v) is 4.63. The lowest BCUT2D eigenvalue weighted by Crippen LogP contribution is -2.47. The molecule has 1 fully saturated rings. The molecule has 1 aliphatic rings. The van der Waals surface area contributed by atoms with Gasteiger partial charge in [-0.15, -0.1) is 0 Å². The number of nitrogens with zero attached hydrogens (tertiary/aromatic N) is 3. The normalized spacial score (nSPS) is 14.6. The van der Waals surface area contributed by atoms with E-state index in [1.54, 1.807) is 11.8 Å². The summed E-state index contributed by atoms with van der Waals surface area (Å²) in [6.45, 7) is 3.57. The number of hydrogen-bond acceptors (Lipinski definition) is 7. The molecular formula is C22H32N4O7S. The molecule has 1 aromatic rings. The zero-order valence-electron chi connectivity index (χ0n) is 19.9. The predicted molar refractivity (Wildman–Crippen MR) is 124 cm³/mol. The summed E-state index contributed by atoms with van der Waals surface area (Å²) in [6.07, 6.45) is 1.01. The average molecular weight is 497 g/mol. The van der Waals surface area contributed by atoms with Gasteiger partial charge in [0.05, 0.1) is 30.5 Å². The maximum atomic E-state index is 12.8. The number of sulfonamides is 1. The van der Waals surface area contributed by atoms with Gasteiger partial charge in [0, 0.05) is 39.8 Å². The minimum Gasteiger partial charge on any atom is -0.466 e. The van der Waals surface area contributed by atoms with Crippen LogP contribution in [0.15, 0.2) is 29.2 Å². The van der Waals surface area contributed by atoms with Crippen molar-refractivity contribution in [2.45, 2.75) is 31.6 Å². The molecule has 0 saturated carbocycles. The first-order valence-electron chi connectivity index (χ1n) is 11.0. The molecule has 1 aliphatic heterocycles. The van der Waals surface area contributed by atoms with Gasteiger partial charge < -0.3 is 19.9 Å². The van der Waals surface area contributed by atoms with Crippen molar-refractivity contribution in [3.8, 4) is 0 Å². The van der Waals surface area contributed by atoms with Crippen molar-refractivity contribution >= 4 is 39.4 Å². The number of nitrogens with one attached hydrogen (secondary N) is 1. The van der Waals surface area contributed by atoms with Gasteiger partial charge in [-0.1, -0.05) is 0 Å². The quantitative estimate of drug-likeness (QED) is 0.493. The Morgan fingerprint density at radius 2 is 1.65 bits per heavy atom. The summed E-state index contributed by atoms with van der Waals surface area (Å²) in [5, 5.41) is 2.55. The molecule has 3 amide bonds. The maximum Gasteiger partial charge on any atom is 0.309 e. The molecule has 188 valence electrons. The van der Waals surface area contributed by atoms with Gasteiger partial charge in [-0.25, -0.2) is 8.42 Å². The van der Waals surface area contributed by atoms with Crippen molar-refractivity contribution in [2.75, 3.05) is 52.2 Å². The number of likely N-dealkylation sites (tertiary alicyclic amines) is 1. The molecule has 0 aromatic heterocycles. The van der Waals surface area contributed by atoms with Crippen LogP contribution in [0.2, 0.25) is 0 Å². The Morgan fingerprint density at radius 3 is 2.18 bits per heavy atom. The Kier molecular flexibility index (Phi) is 9.56. The Balaban J connectivity index is 1.89. The van der Waals surface area contributed by atoms with Gasteiger partial charge in [0.1, 0.15) is 0 Å². The number of esters is 1. The zero-order chi connectivity index (χ0) is 25.5. The number of benzene rings is 1. The summed E-state index contributed by atoms with van der Waals surface area (Å²) < 4.78 is 31.5. The van der Waals surface area contributed by atoms with Crippen LogP contribution in [0.5, 0.6) is 0 Å². The number of piperidine rings is 1. The fraction of sp³-hybridized carbons (Fsp3) is 0.545. The Bertz CT molecular complexity index is 1000. The molecule has 0 radical (unpaired) electrons. The summed E-state index contributed by atoms with van der Waals surface area (Å²) in [7, 11) is -1.23. The lowest BCUT2D eigenvalue weighted by atomic mass is 9.97. The van der Waals surface area contributed by atoms with E-state index >= 15 is 0 Å². The highest BCUT2D eigenvalue weighted by Gasteiger charge is 2.30. The van der Waals surface area contributed by atoms with E-state index in [0.29, 0.717) is 38.2 Å². The van der Waals surface area contributed by atoms with E-state index < -0.39 is 22.5 Å². The van der Waals surface area contributed by atoms with E-state index in [0.717, 1.165) is 4.31 Å². The number of rotatable bonds is 9. The van der Waals surface area contributed by atoms with Gasteiger partial charge in [-0.05, 0) is 44.0 Å². The molecule has 1 N–H and O–H groups in total. The fourth-order valence-electron chi connectivity index (χ4n) is 3.51. The molecule has 34 heavy (non-hydrogen) atoms. The third kappa shape index (κ3) is 7.26. The van der Waals surface area contributed by atoms with Crippen LogP contribution in [0.4, 0.5) is 5.69 Å². The summed E-state index contributed by atoms with van der Waals surface area (Å²) in [5.41, 5.74) is 0.453. The number of likely N-dealkylation sites (N-methyl/N-ethyl adjacent to an activating group) is 2. The Labute approximate surface area is 200 Å². The Hall–Kier alpha value is -2.99. The number of carbonyl (C=O) groups is 4. The van der Waals surface area contributed by atoms with Crippen LogP contribution in [0, 0.1) is 5.92 Å². The molecule has 2 rings (SSSR count). The molecule has 12 heteroatoms. The summed E-state index contributed by atoms with van der Waals surface area (Å²) in [6, 6.07) is 5.60. The highest BCUT2D eigenvalue weighted by atomic mass is 32.2. The SMILES string of the molecule is CCOC(=O)C1CCN(C(=O)CN(C)C(=O)CN(C)S(=O)(=O)c2ccc(NC(C)=O)cc2)CC1. The first-order chi connectivity index (χ1) is 15.9. The second-order valence-electron chi connectivity index (χ2n) is 8.12. The third-order valence-electron chi connectivity index (χ3n) is 5.51. The smallest absolute Gasteiger partial charge is 0.309 e. The number of carbonyl (C=O) groups excluding carboxylic acids is 4. The van der Waals surface area contributed by atoms with Crippen molar-refractivity contribution in [1.29, 1.82) is 0 Å². The van der Waals surface area contributed by atoms with E-state index in [4.69, 9.17) is 4.74 Å². The second-order valence-corrected chi connectivity index (χ2v) is 10.2. The van der Waals surface area contributed by atoms with E-state index in [1.807, 2.05) is 0 Å². The van der Waals surface area contributed by atoms with Crippen LogP contribution < -0.4 is 5.32 Å². The topological polar surface area (TPSA) is 133 Å². The molecule has 0 aliphatic carbocycles. The summed E-state index contributed by atoms with van der Waals surface area (Å²) >= 11 is 0. The molecule has 1 saturated heterocycles. The van der Waals surface area contributed by atoms with Gasteiger partial charge in [-0.2, -0.15) is 4.31 Å². The van der Waals surface area contributed by atoms with Crippen molar-refractivity contribution in [3.63, 3.8) is 0 Å². The summed E-state index contributed by atoms with van der Waals surface area (Å²) in [4.78, 5) is 50.9. The lowest BCUT2D eigenvalue weighted by molar-refractivity contribution is -0.151. The highest BCUT2D eigenvalue weighted by molar-refractivity contribution is 7.89. The molecule has 0 spiro atoms. The number of amides is 3. The van der Waals surface area contributed by atoms with Gasteiger partial charge in [0.2, 0.25) is 27.7 Å². The minimum atomic E-state index is -3.95. The van der Waals surface area contributed by atoms with Crippen LogP contribution in [-0.2, 0) is 33.9 Å². The molecule has 1 aromatic carbocycles. The van der Waals surface area contributed by atoms with Gasteiger partial charge >= 0.3 is 5.97 Å². The van der Waals surface area contributed by atoms with Crippen molar-refractivity contribution in [3.05, 3.63) is 24.3 Å². The van der Waals surface area contributed by atoms with E-state index in [1.165, 1.54) is 50.2 Å². The van der Waals surface area contributed by atoms with Gasteiger partial charge in [-0.3, -0.25) is 19.2 Å². The van der Waals surface area contributed by atoms with E-state index in [2.05, 4.69) is 5.32 Å². The average Bonchev–Trinajstić information content (AvgIpc) is 2.79. The molecule has 0 unspecified atom stereocenters. The number of anilines is 1. The van der Waals surface area contributed by atoms with Crippen LogP contribution in [-0.4, -0.2) is 93.1 Å². The molecule has 11 nitrogen and oxygen atoms in total. The maximum absolute atomic E-state index is 12.8. The molecule has 1 heterocycles. The monoisotopic (exact) mass is 496 g/mol. The summed E-state index contributed by atoms with van der Waals surface area (Å²) in [5.74, 6) is -1.56. The van der Waals surface area contributed by atoms with Crippen molar-refractivity contribution in [1.82, 2.24) is 14.1 Å². The van der Waals surface area contributed by atoms with Gasteiger partial charge in [0.15, 0.2) is 0 Å². The van der Waals surface area contributed by atoms with Crippen LogP contribution in [0.1, 0.15) is 26.7 Å². The standard InChI is InChI=1S/C22H32N4O7S/c1-5-33-22(30)17-10-12-26(13-11-17)21(29)14-24(3)20(28)15-25(4)34(31,32)19-8-6-18(7-9-19)23-16(2)27/h6-9,17H,5,10-15H2,1-4H3,(H,23,27). The minimum absolute atomic E-state index is 0.0277. The van der Waals surface area contributed by atoms with Crippen LogP contribution in [0.25, 0.3) is 0 Å². The predicted octanol–water partition coefficient (Wildman–Crippen LogP) is 0.526. The number of ether oxygens (including phenoxy) is 1. The third-order valence-corrected chi connectivity index (χ3v) is 7.32. The van der Waals surface area contributed by atoms with E-state index in [-0.39, 0.29) is 35.1 Å². The van der Waals surface area contributed by atoms with Crippen LogP contribution >= 0.6 is 0 Å². The first kappa shape index (κ1) is 27.3. The molecule has 0 bridgehead atoms. The second kappa shape index (κ2) is 11.9. The van der Waals surface area contributed by atoms with Crippen molar-refractivity contribution < 1.29 is 32.3 Å². The van der Waals surface area contributed by atoms with Crippen molar-refractivity contribution in [2.24, 2.45) is 5.92 Å². The highest BCUT2D eigenvalue weighted by Crippen LogP contribution is 2.20.